The molecule has 1 rings (SSSR count). The fourth-order valence-corrected chi connectivity index (χ4v) is 2.18. The van der Waals surface area contributed by atoms with E-state index in [0.717, 1.165) is 39.2 Å². The van der Waals surface area contributed by atoms with Crippen molar-refractivity contribution in [3.05, 3.63) is 0 Å². The Morgan fingerprint density at radius 1 is 1.42 bits per heavy atom. The van der Waals surface area contributed by atoms with E-state index < -0.39 is 0 Å². The molecule has 1 saturated heterocycles. The quantitative estimate of drug-likeness (QED) is 0.706. The molecule has 1 unspecified atom stereocenters. The van der Waals surface area contributed by atoms with E-state index in [9.17, 15) is 4.79 Å². The summed E-state index contributed by atoms with van der Waals surface area (Å²) in [6, 6.07) is -0.0414. The van der Waals surface area contributed by atoms with E-state index in [0.29, 0.717) is 6.54 Å². The molecule has 5 heteroatoms. The van der Waals surface area contributed by atoms with Crippen molar-refractivity contribution in [1.29, 1.82) is 0 Å². The summed E-state index contributed by atoms with van der Waals surface area (Å²) < 4.78 is 5.10. The zero-order valence-electron chi connectivity index (χ0n) is 12.8. The van der Waals surface area contributed by atoms with Crippen LogP contribution in [0.3, 0.4) is 0 Å². The molecule has 0 aromatic heterocycles. The molecule has 5 nitrogen and oxygen atoms in total. The van der Waals surface area contributed by atoms with Gasteiger partial charge in [0.25, 0.3) is 0 Å². The first kappa shape index (κ1) is 16.4. The lowest BCUT2D eigenvalue weighted by Gasteiger charge is -2.33. The molecule has 1 atom stereocenters. The molecule has 1 amide bonds. The third-order valence-corrected chi connectivity index (χ3v) is 3.80. The minimum Gasteiger partial charge on any atom is -0.385 e. The summed E-state index contributed by atoms with van der Waals surface area (Å²) in [5.74, 6) is 0.132. The van der Waals surface area contributed by atoms with E-state index in [-0.39, 0.29) is 17.4 Å². The van der Waals surface area contributed by atoms with Crippen LogP contribution in [0.2, 0.25) is 0 Å². The van der Waals surface area contributed by atoms with Gasteiger partial charge in [0, 0.05) is 46.4 Å². The number of amides is 1. The van der Waals surface area contributed by atoms with Gasteiger partial charge in [-0.1, -0.05) is 13.8 Å². The van der Waals surface area contributed by atoms with Gasteiger partial charge in [-0.15, -0.1) is 0 Å². The molecule has 1 fully saturated rings. The SMILES string of the molecule is COCCC(C)(C)CNC(=O)C(C)N1CCNCC1. The van der Waals surface area contributed by atoms with Gasteiger partial charge in [0.05, 0.1) is 6.04 Å². The average molecular weight is 271 g/mol. The van der Waals surface area contributed by atoms with Gasteiger partial charge in [-0.05, 0) is 18.8 Å². The Kier molecular flexibility index (Phi) is 6.75. The second-order valence-corrected chi connectivity index (χ2v) is 6.09. The highest BCUT2D eigenvalue weighted by Gasteiger charge is 2.24. The van der Waals surface area contributed by atoms with Crippen LogP contribution in [-0.2, 0) is 9.53 Å². The minimum absolute atomic E-state index is 0.0414. The standard InChI is InChI=1S/C14H29N3O2/c1-12(17-8-6-15-7-9-17)13(18)16-11-14(2,3)5-10-19-4/h12,15H,5-11H2,1-4H3,(H,16,18). The maximum Gasteiger partial charge on any atom is 0.237 e. The van der Waals surface area contributed by atoms with Crippen LogP contribution in [0.15, 0.2) is 0 Å². The molecule has 0 radical (unpaired) electrons. The van der Waals surface area contributed by atoms with Crippen LogP contribution < -0.4 is 10.6 Å². The third-order valence-electron chi connectivity index (χ3n) is 3.80. The topological polar surface area (TPSA) is 53.6 Å². The predicted octanol–water partition coefficient (Wildman–Crippen LogP) is 0.459. The van der Waals surface area contributed by atoms with E-state index in [1.54, 1.807) is 7.11 Å². The van der Waals surface area contributed by atoms with Crippen LogP contribution >= 0.6 is 0 Å². The van der Waals surface area contributed by atoms with E-state index in [4.69, 9.17) is 4.74 Å². The number of carbonyl (C=O) groups is 1. The zero-order chi connectivity index (χ0) is 14.3. The Balaban J connectivity index is 2.33. The van der Waals surface area contributed by atoms with Crippen molar-refractivity contribution in [3.8, 4) is 0 Å². The molecule has 0 aromatic carbocycles. The molecule has 112 valence electrons. The number of nitrogens with one attached hydrogen (secondary N) is 2. The van der Waals surface area contributed by atoms with Crippen molar-refractivity contribution >= 4 is 5.91 Å². The lowest BCUT2D eigenvalue weighted by atomic mass is 9.89. The monoisotopic (exact) mass is 271 g/mol. The Bertz CT molecular complexity index is 276. The molecule has 0 saturated carbocycles. The Morgan fingerprint density at radius 3 is 2.63 bits per heavy atom. The van der Waals surface area contributed by atoms with Crippen molar-refractivity contribution in [2.75, 3.05) is 46.4 Å². The second kappa shape index (κ2) is 7.82. The van der Waals surface area contributed by atoms with E-state index in [1.807, 2.05) is 6.92 Å². The van der Waals surface area contributed by atoms with Crippen LogP contribution in [0.4, 0.5) is 0 Å². The number of carbonyl (C=O) groups excluding carboxylic acids is 1. The fraction of sp³-hybridized carbons (Fsp3) is 0.929. The summed E-state index contributed by atoms with van der Waals surface area (Å²) in [6.07, 6.45) is 0.950. The smallest absolute Gasteiger partial charge is 0.237 e. The van der Waals surface area contributed by atoms with Crippen molar-refractivity contribution < 1.29 is 9.53 Å². The minimum atomic E-state index is -0.0414. The van der Waals surface area contributed by atoms with Crippen LogP contribution in [0.1, 0.15) is 27.2 Å². The van der Waals surface area contributed by atoms with Crippen molar-refractivity contribution in [1.82, 2.24) is 15.5 Å². The van der Waals surface area contributed by atoms with Crippen LogP contribution in [0.5, 0.6) is 0 Å². The van der Waals surface area contributed by atoms with Crippen molar-refractivity contribution in [3.63, 3.8) is 0 Å². The molecule has 0 spiro atoms. The maximum absolute atomic E-state index is 12.2. The molecule has 0 aliphatic carbocycles. The summed E-state index contributed by atoms with van der Waals surface area (Å²) in [6.45, 7) is 11.6. The number of hydrogen-bond acceptors (Lipinski definition) is 4. The predicted molar refractivity (Wildman–Crippen MR) is 77.2 cm³/mol. The van der Waals surface area contributed by atoms with E-state index >= 15 is 0 Å². The van der Waals surface area contributed by atoms with Crippen LogP contribution in [-0.4, -0.2) is 63.3 Å². The molecule has 19 heavy (non-hydrogen) atoms. The lowest BCUT2D eigenvalue weighted by Crippen LogP contribution is -2.53. The Labute approximate surface area is 117 Å². The number of methoxy groups -OCH3 is 1. The van der Waals surface area contributed by atoms with Gasteiger partial charge in [0.15, 0.2) is 0 Å². The summed E-state index contributed by atoms with van der Waals surface area (Å²) in [5, 5.41) is 6.37. The van der Waals surface area contributed by atoms with Crippen LogP contribution in [0, 0.1) is 5.41 Å². The zero-order valence-corrected chi connectivity index (χ0v) is 12.8. The fourth-order valence-electron chi connectivity index (χ4n) is 2.18. The first-order valence-electron chi connectivity index (χ1n) is 7.18. The highest BCUT2D eigenvalue weighted by molar-refractivity contribution is 5.81. The van der Waals surface area contributed by atoms with Gasteiger partial charge in [-0.3, -0.25) is 9.69 Å². The average Bonchev–Trinajstić information content (AvgIpc) is 2.43. The van der Waals surface area contributed by atoms with E-state index in [2.05, 4.69) is 29.4 Å². The molecule has 1 aliphatic rings. The molecule has 1 heterocycles. The van der Waals surface area contributed by atoms with Crippen LogP contribution in [0.25, 0.3) is 0 Å². The largest absolute Gasteiger partial charge is 0.385 e. The van der Waals surface area contributed by atoms with Gasteiger partial charge in [-0.2, -0.15) is 0 Å². The summed E-state index contributed by atoms with van der Waals surface area (Å²) in [4.78, 5) is 14.4. The summed E-state index contributed by atoms with van der Waals surface area (Å²) in [5.41, 5.74) is 0.0782. The van der Waals surface area contributed by atoms with Gasteiger partial charge in [0.1, 0.15) is 0 Å². The molecule has 1 aliphatic heterocycles. The van der Waals surface area contributed by atoms with Gasteiger partial charge >= 0.3 is 0 Å². The second-order valence-electron chi connectivity index (χ2n) is 6.09. The molecular formula is C14H29N3O2. The van der Waals surface area contributed by atoms with Gasteiger partial charge < -0.3 is 15.4 Å². The van der Waals surface area contributed by atoms with Crippen molar-refractivity contribution in [2.45, 2.75) is 33.2 Å². The highest BCUT2D eigenvalue weighted by atomic mass is 16.5. The number of piperazine rings is 1. The van der Waals surface area contributed by atoms with Crippen molar-refractivity contribution in [2.24, 2.45) is 5.41 Å². The number of nitrogens with zero attached hydrogens (tertiary/aromatic N) is 1. The van der Waals surface area contributed by atoms with Gasteiger partial charge in [0.2, 0.25) is 5.91 Å². The Morgan fingerprint density at radius 2 is 2.05 bits per heavy atom. The first-order chi connectivity index (χ1) is 8.96. The molecular weight excluding hydrogens is 242 g/mol. The van der Waals surface area contributed by atoms with Gasteiger partial charge in [-0.25, -0.2) is 0 Å². The number of hydrogen-bond donors (Lipinski definition) is 2. The maximum atomic E-state index is 12.2. The number of rotatable bonds is 7. The number of ether oxygens (including phenoxy) is 1. The normalized spacial score (nSPS) is 19.2. The van der Waals surface area contributed by atoms with E-state index in [1.165, 1.54) is 0 Å². The molecule has 0 aromatic rings. The summed E-state index contributed by atoms with van der Waals surface area (Å²) >= 11 is 0. The summed E-state index contributed by atoms with van der Waals surface area (Å²) in [7, 11) is 1.71. The lowest BCUT2D eigenvalue weighted by molar-refractivity contribution is -0.126. The Hall–Kier alpha value is -0.650. The first-order valence-corrected chi connectivity index (χ1v) is 7.18. The highest BCUT2D eigenvalue weighted by Crippen LogP contribution is 2.18. The molecule has 0 bridgehead atoms. The third kappa shape index (κ3) is 5.89. The molecule has 2 N–H and O–H groups in total.